The highest BCUT2D eigenvalue weighted by atomic mass is 35.5. The van der Waals surface area contributed by atoms with Crippen molar-refractivity contribution in [1.29, 1.82) is 5.26 Å². The average Bonchev–Trinajstić information content (AvgIpc) is 3.52. The van der Waals surface area contributed by atoms with E-state index in [1.807, 2.05) is 0 Å². The number of carbonyl (C=O) groups is 2. The normalized spacial score (nSPS) is 14.4. The number of carbonyl (C=O) groups excluding carboxylic acids is 2. The summed E-state index contributed by atoms with van der Waals surface area (Å²) in [5, 5.41) is 19.5. The Morgan fingerprint density at radius 3 is 2.69 bits per heavy atom. The molecule has 36 heavy (non-hydrogen) atoms. The van der Waals surface area contributed by atoms with E-state index in [0.29, 0.717) is 16.3 Å². The van der Waals surface area contributed by atoms with Crippen molar-refractivity contribution in [2.75, 3.05) is 11.6 Å². The zero-order chi connectivity index (χ0) is 26.0. The maximum Gasteiger partial charge on any atom is 0.274 e. The van der Waals surface area contributed by atoms with Crippen molar-refractivity contribution in [2.45, 2.75) is 31.6 Å². The van der Waals surface area contributed by atoms with E-state index in [1.165, 1.54) is 29.3 Å². The fourth-order valence-electron chi connectivity index (χ4n) is 3.51. The van der Waals surface area contributed by atoms with Gasteiger partial charge in [0.2, 0.25) is 6.19 Å². The number of benzene rings is 1. The molecule has 2 aromatic heterocycles. The van der Waals surface area contributed by atoms with Gasteiger partial charge >= 0.3 is 0 Å². The molecule has 3 aromatic rings. The highest BCUT2D eigenvalue weighted by molar-refractivity contribution is 7.92. The monoisotopic (exact) mass is 545 g/mol. The van der Waals surface area contributed by atoms with Crippen LogP contribution in [-0.4, -0.2) is 43.1 Å². The lowest BCUT2D eigenvalue weighted by Gasteiger charge is -2.15. The van der Waals surface area contributed by atoms with E-state index >= 15 is 0 Å². The molecule has 0 aliphatic heterocycles. The Kier molecular flexibility index (Phi) is 7.31. The molecule has 10 nitrogen and oxygen atoms in total. The first-order chi connectivity index (χ1) is 17.1. The predicted molar refractivity (Wildman–Crippen MR) is 137 cm³/mol. The summed E-state index contributed by atoms with van der Waals surface area (Å²) in [6.07, 6.45) is 6.16. The number of nitrogens with one attached hydrogen (secondary N) is 2. The van der Waals surface area contributed by atoms with Crippen LogP contribution >= 0.6 is 23.2 Å². The van der Waals surface area contributed by atoms with Gasteiger partial charge in [0.25, 0.3) is 11.8 Å². The molecule has 2 heterocycles. The fraction of sp³-hybridized carbons (Fsp3) is 0.261. The van der Waals surface area contributed by atoms with Gasteiger partial charge < -0.3 is 10.6 Å². The van der Waals surface area contributed by atoms with E-state index < -0.39 is 15.6 Å². The summed E-state index contributed by atoms with van der Waals surface area (Å²) >= 11 is 12.5. The number of rotatable bonds is 7. The van der Waals surface area contributed by atoms with Crippen LogP contribution in [0.25, 0.3) is 5.82 Å². The Bertz CT molecular complexity index is 1530. The fourth-order valence-corrected chi connectivity index (χ4v) is 4.91. The summed E-state index contributed by atoms with van der Waals surface area (Å²) in [4.78, 5) is 30.6. The lowest BCUT2D eigenvalue weighted by Crippen LogP contribution is -2.27. The lowest BCUT2D eigenvalue weighted by molar-refractivity contribution is 0.0952. The number of nitrogens with zero attached hydrogens (tertiary/aromatic N) is 5. The summed E-state index contributed by atoms with van der Waals surface area (Å²) in [6.45, 7) is 1.73. The number of halogens is 2. The molecule has 0 saturated heterocycles. The molecule has 0 radical (unpaired) electrons. The van der Waals surface area contributed by atoms with Crippen LogP contribution in [-0.2, 0) is 15.5 Å². The first-order valence-electron chi connectivity index (χ1n) is 10.8. The van der Waals surface area contributed by atoms with Crippen LogP contribution in [0.4, 0.5) is 5.69 Å². The maximum absolute atomic E-state index is 13.5. The van der Waals surface area contributed by atoms with Crippen LogP contribution in [0, 0.1) is 18.4 Å². The minimum atomic E-state index is -2.91. The summed E-state index contributed by atoms with van der Waals surface area (Å²) < 4.78 is 17.3. The summed E-state index contributed by atoms with van der Waals surface area (Å²) in [5.74, 6) is -0.951. The van der Waals surface area contributed by atoms with Gasteiger partial charge in [0.15, 0.2) is 5.82 Å². The number of pyridine rings is 1. The SMILES string of the molecule is Cc1cc(Cl)cc(C(=O)NC2CC2)c1NC(=O)c1cc(CS(C)(=O)=NC#N)nn1-c1ncccc1Cl. The molecule has 1 atom stereocenters. The van der Waals surface area contributed by atoms with Crippen molar-refractivity contribution in [2.24, 2.45) is 4.36 Å². The van der Waals surface area contributed by atoms with E-state index in [-0.39, 0.29) is 45.5 Å². The van der Waals surface area contributed by atoms with E-state index in [9.17, 15) is 13.8 Å². The highest BCUT2D eigenvalue weighted by Crippen LogP contribution is 2.29. The lowest BCUT2D eigenvalue weighted by atomic mass is 10.1. The molecule has 1 aromatic carbocycles. The zero-order valence-electron chi connectivity index (χ0n) is 19.3. The standard InChI is InChI=1S/C23H21Cl2N7O3S/c1-13-8-14(24)9-17(22(33)29-15-5-6-15)20(13)30-23(34)19-10-16(11-36(2,35)28-12-26)31-32(19)21-18(25)4-3-7-27-21/h3-4,7-10,15H,5-6,11H2,1-2H3,(H,29,33)(H,30,34). The second kappa shape index (κ2) is 10.3. The quantitative estimate of drug-likeness (QED) is 0.427. The van der Waals surface area contributed by atoms with Crippen LogP contribution in [0.1, 0.15) is 44.9 Å². The van der Waals surface area contributed by atoms with E-state index in [1.54, 1.807) is 31.3 Å². The van der Waals surface area contributed by atoms with Crippen molar-refractivity contribution >= 4 is 50.4 Å². The minimum Gasteiger partial charge on any atom is -0.349 e. The number of hydrogen-bond donors (Lipinski definition) is 2. The Morgan fingerprint density at radius 1 is 1.28 bits per heavy atom. The number of hydrogen-bond acceptors (Lipinski definition) is 7. The second-order valence-corrected chi connectivity index (χ2v) is 11.6. The molecule has 0 spiro atoms. The van der Waals surface area contributed by atoms with Crippen molar-refractivity contribution in [1.82, 2.24) is 20.1 Å². The molecule has 1 aliphatic carbocycles. The van der Waals surface area contributed by atoms with E-state index in [4.69, 9.17) is 28.5 Å². The molecular weight excluding hydrogens is 525 g/mol. The summed E-state index contributed by atoms with van der Waals surface area (Å²) in [6, 6.07) is 7.88. The molecule has 1 unspecified atom stereocenters. The topological polar surface area (TPSA) is 142 Å². The molecule has 0 bridgehead atoms. The van der Waals surface area contributed by atoms with Gasteiger partial charge in [0, 0.05) is 23.5 Å². The molecule has 2 N–H and O–H groups in total. The predicted octanol–water partition coefficient (Wildman–Crippen LogP) is 4.11. The minimum absolute atomic E-state index is 0.0284. The maximum atomic E-state index is 13.5. The van der Waals surface area contributed by atoms with Crippen molar-refractivity contribution in [3.8, 4) is 12.0 Å². The Balaban J connectivity index is 1.76. The van der Waals surface area contributed by atoms with Crippen molar-refractivity contribution in [3.05, 3.63) is 69.1 Å². The van der Waals surface area contributed by atoms with Gasteiger partial charge in [-0.25, -0.2) is 13.9 Å². The Morgan fingerprint density at radius 2 is 2.03 bits per heavy atom. The van der Waals surface area contributed by atoms with Crippen LogP contribution in [0.3, 0.4) is 0 Å². The molecule has 13 heteroatoms. The van der Waals surface area contributed by atoms with Gasteiger partial charge in [0.05, 0.1) is 37.4 Å². The van der Waals surface area contributed by atoms with Crippen LogP contribution < -0.4 is 10.6 Å². The summed E-state index contributed by atoms with van der Waals surface area (Å²) in [5.41, 5.74) is 1.38. The Labute approximate surface area is 217 Å². The third-order valence-corrected chi connectivity index (χ3v) is 7.09. The van der Waals surface area contributed by atoms with E-state index in [0.717, 1.165) is 12.8 Å². The van der Waals surface area contributed by atoms with Gasteiger partial charge in [-0.15, -0.1) is 4.36 Å². The van der Waals surface area contributed by atoms with Gasteiger partial charge in [0.1, 0.15) is 5.69 Å². The van der Waals surface area contributed by atoms with Gasteiger partial charge in [-0.05, 0) is 55.7 Å². The molecule has 186 valence electrons. The first kappa shape index (κ1) is 25.6. The number of aromatic nitrogens is 3. The summed E-state index contributed by atoms with van der Waals surface area (Å²) in [7, 11) is -2.91. The number of amides is 2. The smallest absolute Gasteiger partial charge is 0.274 e. The molecule has 1 aliphatic rings. The molecule has 4 rings (SSSR count). The van der Waals surface area contributed by atoms with Gasteiger partial charge in [-0.3, -0.25) is 9.59 Å². The zero-order valence-corrected chi connectivity index (χ0v) is 21.6. The molecule has 2 amide bonds. The van der Waals surface area contributed by atoms with E-state index in [2.05, 4.69) is 25.1 Å². The van der Waals surface area contributed by atoms with Crippen LogP contribution in [0.15, 0.2) is 40.9 Å². The first-order valence-corrected chi connectivity index (χ1v) is 13.6. The second-order valence-electron chi connectivity index (χ2n) is 8.38. The molecule has 1 saturated carbocycles. The van der Waals surface area contributed by atoms with Gasteiger partial charge in [-0.2, -0.15) is 10.4 Å². The number of anilines is 1. The third-order valence-electron chi connectivity index (χ3n) is 5.28. The molecular formula is C23H21Cl2N7O3S. The average molecular weight is 546 g/mol. The largest absolute Gasteiger partial charge is 0.349 e. The number of aryl methyl sites for hydroxylation is 1. The van der Waals surface area contributed by atoms with Crippen LogP contribution in [0.2, 0.25) is 10.0 Å². The van der Waals surface area contributed by atoms with Gasteiger partial charge in [-0.1, -0.05) is 23.2 Å². The number of nitriles is 1. The molecule has 1 fully saturated rings. The van der Waals surface area contributed by atoms with Crippen LogP contribution in [0.5, 0.6) is 0 Å². The third kappa shape index (κ3) is 5.84. The Hall–Kier alpha value is -3.46. The van der Waals surface area contributed by atoms with Crippen molar-refractivity contribution < 1.29 is 13.8 Å². The highest BCUT2D eigenvalue weighted by Gasteiger charge is 2.27. The van der Waals surface area contributed by atoms with Crippen molar-refractivity contribution in [3.63, 3.8) is 0 Å².